The molecule has 0 bridgehead atoms. The van der Waals surface area contributed by atoms with Gasteiger partial charge < -0.3 is 14.6 Å². The highest BCUT2D eigenvalue weighted by Gasteiger charge is 2.22. The Labute approximate surface area is 116 Å². The smallest absolute Gasteiger partial charge is 0.122 e. The molecule has 0 amide bonds. The van der Waals surface area contributed by atoms with E-state index in [2.05, 4.69) is 42.2 Å². The summed E-state index contributed by atoms with van der Waals surface area (Å²) in [7, 11) is 4.42. The minimum atomic E-state index is 0.649. The second-order valence-corrected chi connectivity index (χ2v) is 5.62. The summed E-state index contributed by atoms with van der Waals surface area (Å²) in [6, 6.07) is 2.73. The highest BCUT2D eigenvalue weighted by atomic mass is 16.3. The van der Waals surface area contributed by atoms with E-state index in [9.17, 15) is 0 Å². The van der Waals surface area contributed by atoms with Crippen molar-refractivity contribution in [1.29, 1.82) is 0 Å². The van der Waals surface area contributed by atoms with Crippen LogP contribution in [0.25, 0.3) is 0 Å². The first-order valence-corrected chi connectivity index (χ1v) is 7.35. The molecule has 0 saturated carbocycles. The molecule has 0 spiro atoms. The number of rotatable bonds is 6. The van der Waals surface area contributed by atoms with Crippen LogP contribution in [0.5, 0.6) is 0 Å². The van der Waals surface area contributed by atoms with E-state index in [-0.39, 0.29) is 0 Å². The molecule has 1 aliphatic rings. The van der Waals surface area contributed by atoms with Gasteiger partial charge in [0.1, 0.15) is 5.76 Å². The molecule has 1 aliphatic heterocycles. The molecule has 0 radical (unpaired) electrons. The van der Waals surface area contributed by atoms with Crippen molar-refractivity contribution in [3.63, 3.8) is 0 Å². The molecule has 0 aliphatic carbocycles. The molecule has 0 aromatic carbocycles. The lowest BCUT2D eigenvalue weighted by molar-refractivity contribution is 0.123. The van der Waals surface area contributed by atoms with E-state index in [1.54, 1.807) is 0 Å². The summed E-state index contributed by atoms with van der Waals surface area (Å²) < 4.78 is 5.65. The molecule has 4 nitrogen and oxygen atoms in total. The van der Waals surface area contributed by atoms with Crippen LogP contribution in [0, 0.1) is 0 Å². The molecule has 2 heterocycles. The van der Waals surface area contributed by atoms with E-state index in [1.165, 1.54) is 31.5 Å². The predicted molar refractivity (Wildman–Crippen MR) is 78.1 cm³/mol. The summed E-state index contributed by atoms with van der Waals surface area (Å²) in [5.74, 6) is 1.11. The number of likely N-dealkylation sites (N-methyl/N-ethyl adjacent to an activating group) is 2. The molecule has 19 heavy (non-hydrogen) atoms. The maximum atomic E-state index is 5.65. The van der Waals surface area contributed by atoms with Crippen LogP contribution in [-0.4, -0.2) is 49.6 Å². The lowest BCUT2D eigenvalue weighted by Gasteiger charge is -2.35. The van der Waals surface area contributed by atoms with Crippen LogP contribution >= 0.6 is 0 Å². The number of likely N-dealkylation sites (tertiary alicyclic amines) is 1. The first kappa shape index (κ1) is 14.6. The first-order chi connectivity index (χ1) is 9.20. The Morgan fingerprint density at radius 1 is 1.53 bits per heavy atom. The highest BCUT2D eigenvalue weighted by molar-refractivity contribution is 5.16. The molecule has 2 rings (SSSR count). The summed E-state index contributed by atoms with van der Waals surface area (Å²) >= 11 is 0. The van der Waals surface area contributed by atoms with Crippen molar-refractivity contribution in [3.8, 4) is 0 Å². The maximum Gasteiger partial charge on any atom is 0.122 e. The Bertz CT molecular complexity index is 377. The van der Waals surface area contributed by atoms with Crippen LogP contribution in [0.2, 0.25) is 0 Å². The van der Waals surface area contributed by atoms with Gasteiger partial charge in [-0.05, 0) is 46.1 Å². The Kier molecular flexibility index (Phi) is 5.43. The molecular weight excluding hydrogens is 238 g/mol. The van der Waals surface area contributed by atoms with Crippen LogP contribution < -0.4 is 5.32 Å². The summed E-state index contributed by atoms with van der Waals surface area (Å²) in [5.41, 5.74) is 1.29. The van der Waals surface area contributed by atoms with Gasteiger partial charge in [0.15, 0.2) is 0 Å². The molecule has 108 valence electrons. The van der Waals surface area contributed by atoms with Crippen LogP contribution in [0.1, 0.15) is 31.1 Å². The molecular formula is C15H27N3O. The molecule has 4 heteroatoms. The summed E-state index contributed by atoms with van der Waals surface area (Å²) in [5, 5.41) is 3.36. The average Bonchev–Trinajstić information content (AvgIpc) is 2.83. The molecule has 1 aromatic rings. The van der Waals surface area contributed by atoms with Crippen molar-refractivity contribution in [3.05, 3.63) is 23.7 Å². The van der Waals surface area contributed by atoms with Gasteiger partial charge in [0.25, 0.3) is 0 Å². The van der Waals surface area contributed by atoms with Crippen molar-refractivity contribution < 1.29 is 4.42 Å². The van der Waals surface area contributed by atoms with Gasteiger partial charge in [-0.25, -0.2) is 0 Å². The summed E-state index contributed by atoms with van der Waals surface area (Å²) in [4.78, 5) is 4.86. The van der Waals surface area contributed by atoms with Gasteiger partial charge in [-0.2, -0.15) is 0 Å². The molecule has 1 atom stereocenters. The lowest BCUT2D eigenvalue weighted by atomic mass is 10.0. The van der Waals surface area contributed by atoms with E-state index >= 15 is 0 Å². The van der Waals surface area contributed by atoms with E-state index in [0.29, 0.717) is 6.04 Å². The van der Waals surface area contributed by atoms with Gasteiger partial charge in [-0.3, -0.25) is 4.90 Å². The van der Waals surface area contributed by atoms with Crippen molar-refractivity contribution in [1.82, 2.24) is 15.1 Å². The normalized spacial score (nSPS) is 21.2. The third kappa shape index (κ3) is 4.06. The third-order valence-corrected chi connectivity index (χ3v) is 4.02. The van der Waals surface area contributed by atoms with Crippen molar-refractivity contribution in [2.24, 2.45) is 0 Å². The van der Waals surface area contributed by atoms with Gasteiger partial charge in [-0.1, -0.05) is 6.92 Å². The standard InChI is InChI=1S/C15H27N3O/c1-4-16-10-13-7-9-19-15(13)12-18(3)14-6-5-8-17(2)11-14/h7,9,14,16H,4-6,8,10-12H2,1-3H3. The largest absolute Gasteiger partial charge is 0.468 e. The van der Waals surface area contributed by atoms with Crippen LogP contribution in [0.15, 0.2) is 16.7 Å². The van der Waals surface area contributed by atoms with Crippen molar-refractivity contribution >= 4 is 0 Å². The number of nitrogens with zero attached hydrogens (tertiary/aromatic N) is 2. The van der Waals surface area contributed by atoms with Gasteiger partial charge in [0.2, 0.25) is 0 Å². The maximum absolute atomic E-state index is 5.65. The van der Waals surface area contributed by atoms with Gasteiger partial charge in [0, 0.05) is 24.7 Å². The predicted octanol–water partition coefficient (Wildman–Crippen LogP) is 1.92. The summed E-state index contributed by atoms with van der Waals surface area (Å²) in [6.45, 7) is 7.33. The molecule has 1 saturated heterocycles. The quantitative estimate of drug-likeness (QED) is 0.851. The zero-order chi connectivity index (χ0) is 13.7. The SMILES string of the molecule is CCNCc1ccoc1CN(C)C1CCCN(C)C1. The molecule has 1 fully saturated rings. The van der Waals surface area contributed by atoms with Gasteiger partial charge in [0.05, 0.1) is 12.8 Å². The van der Waals surface area contributed by atoms with E-state index < -0.39 is 0 Å². The lowest BCUT2D eigenvalue weighted by Crippen LogP contribution is -2.44. The zero-order valence-corrected chi connectivity index (χ0v) is 12.5. The fourth-order valence-corrected chi connectivity index (χ4v) is 2.78. The zero-order valence-electron chi connectivity index (χ0n) is 12.5. The van der Waals surface area contributed by atoms with Gasteiger partial charge in [-0.15, -0.1) is 0 Å². The first-order valence-electron chi connectivity index (χ1n) is 7.35. The fraction of sp³-hybridized carbons (Fsp3) is 0.733. The molecule has 1 N–H and O–H groups in total. The Morgan fingerprint density at radius 2 is 2.37 bits per heavy atom. The second kappa shape index (κ2) is 7.08. The number of hydrogen-bond acceptors (Lipinski definition) is 4. The van der Waals surface area contributed by atoms with Crippen LogP contribution in [0.4, 0.5) is 0 Å². The average molecular weight is 265 g/mol. The Morgan fingerprint density at radius 3 is 3.11 bits per heavy atom. The topological polar surface area (TPSA) is 31.7 Å². The minimum absolute atomic E-state index is 0.649. The number of hydrogen-bond donors (Lipinski definition) is 1. The van der Waals surface area contributed by atoms with Crippen LogP contribution in [0.3, 0.4) is 0 Å². The van der Waals surface area contributed by atoms with E-state index in [1.807, 2.05) is 6.26 Å². The highest BCUT2D eigenvalue weighted by Crippen LogP contribution is 2.18. The Hall–Kier alpha value is -0.840. The Balaban J connectivity index is 1.90. The monoisotopic (exact) mass is 265 g/mol. The molecule has 1 aromatic heterocycles. The second-order valence-electron chi connectivity index (χ2n) is 5.62. The number of nitrogens with one attached hydrogen (secondary N) is 1. The van der Waals surface area contributed by atoms with E-state index in [4.69, 9.17) is 4.42 Å². The van der Waals surface area contributed by atoms with Crippen molar-refractivity contribution in [2.75, 3.05) is 33.7 Å². The van der Waals surface area contributed by atoms with Crippen molar-refractivity contribution in [2.45, 2.75) is 38.9 Å². The van der Waals surface area contributed by atoms with Gasteiger partial charge >= 0.3 is 0 Å². The third-order valence-electron chi connectivity index (χ3n) is 4.02. The fourth-order valence-electron chi connectivity index (χ4n) is 2.78. The molecule has 1 unspecified atom stereocenters. The number of furan rings is 1. The van der Waals surface area contributed by atoms with E-state index in [0.717, 1.165) is 25.4 Å². The number of piperidine rings is 1. The van der Waals surface area contributed by atoms with Crippen LogP contribution in [-0.2, 0) is 13.1 Å². The summed E-state index contributed by atoms with van der Waals surface area (Å²) in [6.07, 6.45) is 4.40. The minimum Gasteiger partial charge on any atom is -0.468 e.